The van der Waals surface area contributed by atoms with E-state index in [4.69, 9.17) is 9.47 Å². The molecule has 3 heterocycles. The number of hydrogen-bond donors (Lipinski definition) is 2. The third-order valence-electron chi connectivity index (χ3n) is 4.02. The van der Waals surface area contributed by atoms with Crippen molar-refractivity contribution < 1.29 is 19.1 Å². The molecule has 0 aromatic carbocycles. The number of thiazole rings is 1. The van der Waals surface area contributed by atoms with Crippen LogP contribution in [-0.4, -0.2) is 46.5 Å². The van der Waals surface area contributed by atoms with E-state index in [0.29, 0.717) is 54.2 Å². The van der Waals surface area contributed by atoms with Crippen LogP contribution < -0.4 is 20.1 Å². The summed E-state index contributed by atoms with van der Waals surface area (Å²) >= 11 is 1.32. The monoisotopic (exact) mass is 441 g/mol. The minimum atomic E-state index is -0.298. The Morgan fingerprint density at radius 3 is 2.10 bits per heavy atom. The van der Waals surface area contributed by atoms with E-state index in [-0.39, 0.29) is 11.8 Å². The predicted octanol–water partition coefficient (Wildman–Crippen LogP) is 2.96. The SMILES string of the molecule is CCOc1ccc(C(=O)NCCc2csc(NC(=O)c3ccc(OCC)nc3)n2)cn1. The zero-order chi connectivity index (χ0) is 22.1. The number of pyridine rings is 2. The molecule has 3 rings (SSSR count). The summed E-state index contributed by atoms with van der Waals surface area (Å²) in [6.45, 7) is 5.18. The maximum atomic E-state index is 12.3. The molecule has 0 atom stereocenters. The van der Waals surface area contributed by atoms with E-state index in [9.17, 15) is 9.59 Å². The lowest BCUT2D eigenvalue weighted by atomic mass is 10.2. The second-order valence-electron chi connectivity index (χ2n) is 6.24. The van der Waals surface area contributed by atoms with Gasteiger partial charge in [0.2, 0.25) is 11.8 Å². The predicted molar refractivity (Wildman–Crippen MR) is 117 cm³/mol. The molecule has 0 saturated carbocycles. The summed E-state index contributed by atoms with van der Waals surface area (Å²) in [5, 5.41) is 7.90. The van der Waals surface area contributed by atoms with Gasteiger partial charge in [-0.15, -0.1) is 11.3 Å². The Kier molecular flexibility index (Phi) is 7.88. The standard InChI is InChI=1S/C21H23N5O4S/c1-3-29-17-7-5-14(11-23-17)19(27)22-10-9-16-13-31-21(25-16)26-20(28)15-6-8-18(24-12-15)30-4-2/h5-8,11-13H,3-4,9-10H2,1-2H3,(H,22,27)(H,25,26,28). The first-order chi connectivity index (χ1) is 15.1. The number of nitrogens with zero attached hydrogens (tertiary/aromatic N) is 3. The fraction of sp³-hybridized carbons (Fsp3) is 0.286. The Morgan fingerprint density at radius 2 is 1.55 bits per heavy atom. The summed E-state index contributed by atoms with van der Waals surface area (Å²) < 4.78 is 10.5. The first kappa shape index (κ1) is 22.2. The van der Waals surface area contributed by atoms with Crippen molar-refractivity contribution in [2.24, 2.45) is 0 Å². The highest BCUT2D eigenvalue weighted by Crippen LogP contribution is 2.17. The molecule has 0 fully saturated rings. The topological polar surface area (TPSA) is 115 Å². The van der Waals surface area contributed by atoms with Crippen LogP contribution in [0.15, 0.2) is 42.0 Å². The molecule has 0 aliphatic rings. The molecular weight excluding hydrogens is 418 g/mol. The number of nitrogens with one attached hydrogen (secondary N) is 2. The van der Waals surface area contributed by atoms with Crippen LogP contribution >= 0.6 is 11.3 Å². The Morgan fingerprint density at radius 1 is 0.935 bits per heavy atom. The molecule has 0 saturated heterocycles. The molecule has 10 heteroatoms. The van der Waals surface area contributed by atoms with Gasteiger partial charge >= 0.3 is 0 Å². The molecule has 9 nitrogen and oxygen atoms in total. The molecule has 2 amide bonds. The number of rotatable bonds is 10. The number of hydrogen-bond acceptors (Lipinski definition) is 8. The molecule has 0 unspecified atom stereocenters. The molecule has 0 radical (unpaired) electrons. The van der Waals surface area contributed by atoms with Crippen molar-refractivity contribution in [3.05, 3.63) is 58.9 Å². The lowest BCUT2D eigenvalue weighted by Crippen LogP contribution is -2.25. The number of aromatic nitrogens is 3. The van der Waals surface area contributed by atoms with Gasteiger partial charge in [-0.3, -0.25) is 14.9 Å². The maximum Gasteiger partial charge on any atom is 0.259 e. The molecule has 162 valence electrons. The molecule has 0 spiro atoms. The Labute approximate surface area is 183 Å². The normalized spacial score (nSPS) is 10.4. The van der Waals surface area contributed by atoms with Gasteiger partial charge in [0.05, 0.1) is 30.0 Å². The fourth-order valence-corrected chi connectivity index (χ4v) is 3.29. The largest absolute Gasteiger partial charge is 0.478 e. The zero-order valence-electron chi connectivity index (χ0n) is 17.3. The van der Waals surface area contributed by atoms with Crippen LogP contribution in [0.1, 0.15) is 40.3 Å². The lowest BCUT2D eigenvalue weighted by Gasteiger charge is -2.05. The van der Waals surface area contributed by atoms with Gasteiger partial charge < -0.3 is 14.8 Å². The first-order valence-electron chi connectivity index (χ1n) is 9.80. The van der Waals surface area contributed by atoms with Gasteiger partial charge in [-0.05, 0) is 26.0 Å². The molecule has 0 aliphatic carbocycles. The van der Waals surface area contributed by atoms with Crippen molar-refractivity contribution in [2.75, 3.05) is 25.1 Å². The first-order valence-corrected chi connectivity index (χ1v) is 10.7. The van der Waals surface area contributed by atoms with E-state index in [1.54, 1.807) is 24.3 Å². The fourth-order valence-electron chi connectivity index (χ4n) is 2.55. The smallest absolute Gasteiger partial charge is 0.259 e. The second kappa shape index (κ2) is 11.0. The van der Waals surface area contributed by atoms with Gasteiger partial charge in [0.1, 0.15) is 0 Å². The van der Waals surface area contributed by atoms with E-state index in [0.717, 1.165) is 5.69 Å². The van der Waals surface area contributed by atoms with Crippen LogP contribution in [0.5, 0.6) is 11.8 Å². The van der Waals surface area contributed by atoms with Crippen molar-refractivity contribution in [3.8, 4) is 11.8 Å². The number of ether oxygens (including phenoxy) is 2. The van der Waals surface area contributed by atoms with Crippen LogP contribution in [0.4, 0.5) is 5.13 Å². The van der Waals surface area contributed by atoms with E-state index < -0.39 is 0 Å². The number of anilines is 1. The zero-order valence-corrected chi connectivity index (χ0v) is 18.1. The Bertz CT molecular complexity index is 1010. The molecule has 31 heavy (non-hydrogen) atoms. The van der Waals surface area contributed by atoms with E-state index in [2.05, 4.69) is 25.6 Å². The van der Waals surface area contributed by atoms with Crippen molar-refractivity contribution in [2.45, 2.75) is 20.3 Å². The van der Waals surface area contributed by atoms with Crippen LogP contribution in [0.25, 0.3) is 0 Å². The van der Waals surface area contributed by atoms with Gasteiger partial charge in [-0.2, -0.15) is 0 Å². The van der Waals surface area contributed by atoms with Gasteiger partial charge in [-0.1, -0.05) is 0 Å². The highest BCUT2D eigenvalue weighted by atomic mass is 32.1. The third-order valence-corrected chi connectivity index (χ3v) is 4.83. The number of amides is 2. The summed E-state index contributed by atoms with van der Waals surface area (Å²) in [6.07, 6.45) is 3.47. The lowest BCUT2D eigenvalue weighted by molar-refractivity contribution is 0.0952. The van der Waals surface area contributed by atoms with Gasteiger partial charge in [-0.25, -0.2) is 15.0 Å². The molecule has 0 bridgehead atoms. The average Bonchev–Trinajstić information content (AvgIpc) is 3.22. The van der Waals surface area contributed by atoms with Crippen molar-refractivity contribution in [1.29, 1.82) is 0 Å². The summed E-state index contributed by atoms with van der Waals surface area (Å²) in [7, 11) is 0. The van der Waals surface area contributed by atoms with Crippen LogP contribution in [0, 0.1) is 0 Å². The molecular formula is C21H23N5O4S. The minimum absolute atomic E-state index is 0.220. The molecule has 3 aromatic rings. The van der Waals surface area contributed by atoms with Crippen LogP contribution in [0.3, 0.4) is 0 Å². The highest BCUT2D eigenvalue weighted by molar-refractivity contribution is 7.14. The Balaban J connectivity index is 1.46. The van der Waals surface area contributed by atoms with Gasteiger partial charge in [0.15, 0.2) is 5.13 Å². The Hall–Kier alpha value is -3.53. The van der Waals surface area contributed by atoms with Gasteiger partial charge in [0, 0.05) is 42.9 Å². The molecule has 0 aliphatic heterocycles. The van der Waals surface area contributed by atoms with E-state index in [1.807, 2.05) is 19.2 Å². The number of carbonyl (C=O) groups is 2. The number of carbonyl (C=O) groups excluding carboxylic acids is 2. The van der Waals surface area contributed by atoms with E-state index in [1.165, 1.54) is 23.7 Å². The molecule has 3 aromatic heterocycles. The van der Waals surface area contributed by atoms with Crippen molar-refractivity contribution >= 4 is 28.3 Å². The summed E-state index contributed by atoms with van der Waals surface area (Å²) in [6, 6.07) is 6.62. The van der Waals surface area contributed by atoms with Crippen LogP contribution in [-0.2, 0) is 6.42 Å². The summed E-state index contributed by atoms with van der Waals surface area (Å²) in [5.41, 5.74) is 1.64. The van der Waals surface area contributed by atoms with Gasteiger partial charge in [0.25, 0.3) is 11.8 Å². The molecule has 2 N–H and O–H groups in total. The minimum Gasteiger partial charge on any atom is -0.478 e. The van der Waals surface area contributed by atoms with E-state index >= 15 is 0 Å². The van der Waals surface area contributed by atoms with Crippen molar-refractivity contribution in [1.82, 2.24) is 20.3 Å². The summed E-state index contributed by atoms with van der Waals surface area (Å²) in [4.78, 5) is 37.1. The van der Waals surface area contributed by atoms with Crippen molar-refractivity contribution in [3.63, 3.8) is 0 Å². The summed E-state index contributed by atoms with van der Waals surface area (Å²) in [5.74, 6) is 0.436. The maximum absolute atomic E-state index is 12.3. The average molecular weight is 442 g/mol. The third kappa shape index (κ3) is 6.48. The second-order valence-corrected chi connectivity index (χ2v) is 7.10. The highest BCUT2D eigenvalue weighted by Gasteiger charge is 2.11. The quantitative estimate of drug-likeness (QED) is 0.497. The van der Waals surface area contributed by atoms with Crippen LogP contribution in [0.2, 0.25) is 0 Å².